The zero-order valence-electron chi connectivity index (χ0n) is 20.8. The molecular weight excluding hydrogens is 476 g/mol. The van der Waals surface area contributed by atoms with Gasteiger partial charge in [-0.3, -0.25) is 4.79 Å². The molecule has 0 N–H and O–H groups in total. The topological polar surface area (TPSA) is 104 Å². The molecule has 0 aliphatic carbocycles. The van der Waals surface area contributed by atoms with Gasteiger partial charge in [0.2, 0.25) is 5.28 Å². The van der Waals surface area contributed by atoms with Crippen molar-refractivity contribution >= 4 is 38.6 Å². The lowest BCUT2D eigenvalue weighted by atomic mass is 10.0. The van der Waals surface area contributed by atoms with Crippen LogP contribution in [0.25, 0.3) is 11.2 Å². The number of aryl methyl sites for hydroxylation is 2. The second-order valence-electron chi connectivity index (χ2n) is 8.98. The highest BCUT2D eigenvalue weighted by atomic mass is 35.5. The quantitative estimate of drug-likeness (QED) is 0.113. The van der Waals surface area contributed by atoms with Crippen molar-refractivity contribution in [2.24, 2.45) is 0 Å². The minimum Gasteiger partial charge on any atom is -0.469 e. The molecule has 0 saturated heterocycles. The highest BCUT2D eigenvalue weighted by Crippen LogP contribution is 2.24. The van der Waals surface area contributed by atoms with E-state index in [4.69, 9.17) is 11.6 Å². The number of nitrogens with zero attached hydrogens (tertiary/aromatic N) is 4. The number of esters is 1. The fraction of sp³-hybridized carbons (Fsp3) is 0.750. The number of unbranched alkanes of at least 4 members (excludes halogenated alkanes) is 12. The fourth-order valence-corrected chi connectivity index (χ4v) is 5.22. The van der Waals surface area contributed by atoms with Crippen LogP contribution in [0.3, 0.4) is 0 Å². The number of hydrogen-bond acceptors (Lipinski definition) is 7. The minimum absolute atomic E-state index is 0.0516. The van der Waals surface area contributed by atoms with Crippen LogP contribution in [0, 0.1) is 6.92 Å². The molecule has 0 amide bonds. The number of aromatic nitrogens is 4. The van der Waals surface area contributed by atoms with Crippen molar-refractivity contribution in [2.45, 2.75) is 108 Å². The molecule has 2 rings (SSSR count). The Hall–Kier alpha value is -1.74. The van der Waals surface area contributed by atoms with Gasteiger partial charge in [-0.25, -0.2) is 18.4 Å². The smallest absolute Gasteiger partial charge is 0.305 e. The van der Waals surface area contributed by atoms with Crippen LogP contribution in [0.2, 0.25) is 5.28 Å². The van der Waals surface area contributed by atoms with Gasteiger partial charge >= 0.3 is 5.97 Å². The van der Waals surface area contributed by atoms with Crippen LogP contribution in [0.1, 0.15) is 95.7 Å². The second kappa shape index (κ2) is 14.6. The number of methoxy groups -OCH3 is 1. The van der Waals surface area contributed by atoms with Crippen molar-refractivity contribution in [3.63, 3.8) is 0 Å². The Morgan fingerprint density at radius 3 is 1.85 bits per heavy atom. The maximum Gasteiger partial charge on any atom is 0.305 e. The standard InChI is InChI=1S/C24H39ClN4O4S/c1-19-26-22-21(23(34(3,31)32)28-24(25)27-22)29(19)18-16-14-12-10-8-6-4-5-7-9-11-13-15-17-20(30)33-2/h4-18H2,1-3H3. The van der Waals surface area contributed by atoms with Gasteiger partial charge in [0, 0.05) is 19.2 Å². The number of imidazole rings is 1. The summed E-state index contributed by atoms with van der Waals surface area (Å²) in [5.41, 5.74) is 0.784. The number of hydrogen-bond donors (Lipinski definition) is 0. The first-order valence-corrected chi connectivity index (χ1v) is 14.7. The molecule has 2 heterocycles. The summed E-state index contributed by atoms with van der Waals surface area (Å²) in [6.45, 7) is 2.54. The Kier molecular flexibility index (Phi) is 12.2. The molecule has 0 aromatic carbocycles. The SMILES string of the molecule is COC(=O)CCCCCCCCCCCCCCCn1c(C)nc2nc(Cl)nc(S(C)(=O)=O)c21. The molecule has 0 unspecified atom stereocenters. The molecule has 2 aromatic heterocycles. The maximum absolute atomic E-state index is 12.2. The third-order valence-electron chi connectivity index (χ3n) is 6.08. The van der Waals surface area contributed by atoms with Crippen molar-refractivity contribution in [1.82, 2.24) is 19.5 Å². The van der Waals surface area contributed by atoms with Crippen LogP contribution in [0.4, 0.5) is 0 Å². The molecule has 0 radical (unpaired) electrons. The van der Waals surface area contributed by atoms with E-state index in [0.29, 0.717) is 24.1 Å². The zero-order chi connectivity index (χ0) is 25.0. The first-order chi connectivity index (χ1) is 16.2. The summed E-state index contributed by atoms with van der Waals surface area (Å²) in [5.74, 6) is 0.617. The van der Waals surface area contributed by atoms with Crippen LogP contribution in [-0.4, -0.2) is 47.3 Å². The Bertz CT molecular complexity index is 1020. The lowest BCUT2D eigenvalue weighted by Crippen LogP contribution is -2.08. The number of sulfone groups is 1. The molecule has 0 saturated carbocycles. The van der Waals surface area contributed by atoms with Crippen molar-refractivity contribution in [3.05, 3.63) is 11.1 Å². The van der Waals surface area contributed by atoms with E-state index in [1.54, 1.807) is 0 Å². The molecule has 0 bridgehead atoms. The summed E-state index contributed by atoms with van der Waals surface area (Å²) >= 11 is 5.90. The van der Waals surface area contributed by atoms with E-state index >= 15 is 0 Å². The summed E-state index contributed by atoms with van der Waals surface area (Å²) in [7, 11) is -2.10. The third-order valence-corrected chi connectivity index (χ3v) is 7.23. The first kappa shape index (κ1) is 28.5. The Balaban J connectivity index is 1.58. The van der Waals surface area contributed by atoms with E-state index in [9.17, 15) is 13.2 Å². The predicted octanol–water partition coefficient (Wildman–Crippen LogP) is 5.83. The van der Waals surface area contributed by atoms with Crippen LogP contribution in [0.5, 0.6) is 0 Å². The number of fused-ring (bicyclic) bond motifs is 1. The number of carbonyl (C=O) groups is 1. The van der Waals surface area contributed by atoms with E-state index in [0.717, 1.165) is 37.8 Å². The second-order valence-corrected chi connectivity index (χ2v) is 11.2. The molecule has 192 valence electrons. The molecule has 8 nitrogen and oxygen atoms in total. The van der Waals surface area contributed by atoms with E-state index in [1.165, 1.54) is 64.9 Å². The summed E-state index contributed by atoms with van der Waals surface area (Å²) in [6.07, 6.45) is 17.0. The van der Waals surface area contributed by atoms with Crippen molar-refractivity contribution in [2.75, 3.05) is 13.4 Å². The van der Waals surface area contributed by atoms with Gasteiger partial charge in [-0.05, 0) is 31.4 Å². The Morgan fingerprint density at radius 2 is 1.35 bits per heavy atom. The molecule has 0 atom stereocenters. The maximum atomic E-state index is 12.2. The van der Waals surface area contributed by atoms with Gasteiger partial charge in [-0.1, -0.05) is 70.6 Å². The van der Waals surface area contributed by atoms with E-state index < -0.39 is 9.84 Å². The lowest BCUT2D eigenvalue weighted by Gasteiger charge is -2.09. The summed E-state index contributed by atoms with van der Waals surface area (Å²) in [5, 5.41) is -0.155. The first-order valence-electron chi connectivity index (χ1n) is 12.4. The van der Waals surface area contributed by atoms with Crippen molar-refractivity contribution in [3.8, 4) is 0 Å². The molecular formula is C24H39ClN4O4S. The molecule has 34 heavy (non-hydrogen) atoms. The Labute approximate surface area is 208 Å². The average Bonchev–Trinajstić information content (AvgIpc) is 3.09. The average molecular weight is 515 g/mol. The number of ether oxygens (including phenoxy) is 1. The summed E-state index contributed by atoms with van der Waals surface area (Å²) in [4.78, 5) is 23.5. The molecule has 10 heteroatoms. The van der Waals surface area contributed by atoms with Crippen LogP contribution in [0.15, 0.2) is 5.03 Å². The van der Waals surface area contributed by atoms with Crippen molar-refractivity contribution in [1.29, 1.82) is 0 Å². The van der Waals surface area contributed by atoms with Crippen molar-refractivity contribution < 1.29 is 17.9 Å². The van der Waals surface area contributed by atoms with Gasteiger partial charge in [-0.15, -0.1) is 0 Å². The van der Waals surface area contributed by atoms with E-state index in [2.05, 4.69) is 19.7 Å². The van der Waals surface area contributed by atoms with Crippen LogP contribution in [-0.2, 0) is 25.9 Å². The summed E-state index contributed by atoms with van der Waals surface area (Å²) < 4.78 is 30.9. The van der Waals surface area contributed by atoms with Gasteiger partial charge in [0.15, 0.2) is 20.5 Å². The number of rotatable bonds is 17. The van der Waals surface area contributed by atoms with Gasteiger partial charge in [-0.2, -0.15) is 4.98 Å². The van der Waals surface area contributed by atoms with Gasteiger partial charge in [0.1, 0.15) is 11.3 Å². The monoisotopic (exact) mass is 514 g/mol. The van der Waals surface area contributed by atoms with Crippen LogP contribution >= 0.6 is 11.6 Å². The molecule has 2 aromatic rings. The normalized spacial score (nSPS) is 11.9. The largest absolute Gasteiger partial charge is 0.469 e. The van der Waals surface area contributed by atoms with E-state index in [-0.39, 0.29) is 16.3 Å². The zero-order valence-corrected chi connectivity index (χ0v) is 22.4. The molecule has 0 fully saturated rings. The van der Waals surface area contributed by atoms with Gasteiger partial charge in [0.25, 0.3) is 0 Å². The minimum atomic E-state index is -3.54. The Morgan fingerprint density at radius 1 is 0.853 bits per heavy atom. The van der Waals surface area contributed by atoms with E-state index in [1.807, 2.05) is 11.5 Å². The van der Waals surface area contributed by atoms with Gasteiger partial charge in [0.05, 0.1) is 7.11 Å². The lowest BCUT2D eigenvalue weighted by molar-refractivity contribution is -0.140. The predicted molar refractivity (Wildman–Crippen MR) is 135 cm³/mol. The molecule has 0 spiro atoms. The van der Waals surface area contributed by atoms with Crippen LogP contribution < -0.4 is 0 Å². The summed E-state index contributed by atoms with van der Waals surface area (Å²) in [6, 6.07) is 0. The number of carbonyl (C=O) groups excluding carboxylic acids is 1. The highest BCUT2D eigenvalue weighted by molar-refractivity contribution is 7.90. The molecule has 0 aliphatic rings. The third kappa shape index (κ3) is 9.49. The number of halogens is 1. The fourth-order valence-electron chi connectivity index (χ4n) is 4.21. The molecule has 0 aliphatic heterocycles. The van der Waals surface area contributed by atoms with Gasteiger partial charge < -0.3 is 9.30 Å². The highest BCUT2D eigenvalue weighted by Gasteiger charge is 2.22.